The first-order valence-electron chi connectivity index (χ1n) is 6.48. The standard InChI is InChI=1S/C13H22N2O2/c1-15-10-11(9-14-15)5-6-12(16)13(17)7-3-2-4-8-13/h9-10,12,16-17H,2-8H2,1H3. The van der Waals surface area contributed by atoms with Crippen molar-refractivity contribution in [1.82, 2.24) is 9.78 Å². The number of aliphatic hydroxyl groups excluding tert-OH is 1. The maximum Gasteiger partial charge on any atom is 0.0905 e. The summed E-state index contributed by atoms with van der Waals surface area (Å²) >= 11 is 0. The number of hydrogen-bond donors (Lipinski definition) is 2. The monoisotopic (exact) mass is 238 g/mol. The maximum absolute atomic E-state index is 10.4. The molecule has 96 valence electrons. The van der Waals surface area contributed by atoms with Crippen LogP contribution in [0.4, 0.5) is 0 Å². The summed E-state index contributed by atoms with van der Waals surface area (Å²) in [7, 11) is 1.88. The zero-order valence-corrected chi connectivity index (χ0v) is 10.5. The molecule has 1 aliphatic carbocycles. The highest BCUT2D eigenvalue weighted by Crippen LogP contribution is 2.32. The zero-order valence-electron chi connectivity index (χ0n) is 10.5. The van der Waals surface area contributed by atoms with Crippen LogP contribution >= 0.6 is 0 Å². The predicted molar refractivity (Wildman–Crippen MR) is 65.6 cm³/mol. The van der Waals surface area contributed by atoms with Crippen LogP contribution in [0, 0.1) is 0 Å². The van der Waals surface area contributed by atoms with Gasteiger partial charge in [-0.2, -0.15) is 5.10 Å². The fourth-order valence-corrected chi connectivity index (χ4v) is 2.67. The van der Waals surface area contributed by atoms with Crippen molar-refractivity contribution >= 4 is 0 Å². The summed E-state index contributed by atoms with van der Waals surface area (Å²) in [6, 6.07) is 0. The molecule has 0 radical (unpaired) electrons. The minimum absolute atomic E-state index is 0.608. The van der Waals surface area contributed by atoms with Gasteiger partial charge in [-0.25, -0.2) is 0 Å². The van der Waals surface area contributed by atoms with Gasteiger partial charge in [0.2, 0.25) is 0 Å². The summed E-state index contributed by atoms with van der Waals surface area (Å²) in [4.78, 5) is 0. The van der Waals surface area contributed by atoms with E-state index in [2.05, 4.69) is 5.10 Å². The predicted octanol–water partition coefficient (Wildman–Crippen LogP) is 1.41. The first-order valence-corrected chi connectivity index (χ1v) is 6.48. The van der Waals surface area contributed by atoms with E-state index in [1.165, 1.54) is 6.42 Å². The van der Waals surface area contributed by atoms with E-state index in [4.69, 9.17) is 0 Å². The van der Waals surface area contributed by atoms with Crippen molar-refractivity contribution in [3.63, 3.8) is 0 Å². The number of aliphatic hydroxyl groups is 2. The molecule has 1 heterocycles. The lowest BCUT2D eigenvalue weighted by molar-refractivity contribution is -0.0992. The Kier molecular flexibility index (Phi) is 3.84. The number of aromatic nitrogens is 2. The molecule has 1 unspecified atom stereocenters. The molecule has 1 aromatic heterocycles. The molecule has 1 aliphatic rings. The Morgan fingerprint density at radius 3 is 2.71 bits per heavy atom. The van der Waals surface area contributed by atoms with Crippen LogP contribution in [0.5, 0.6) is 0 Å². The molecule has 2 N–H and O–H groups in total. The third kappa shape index (κ3) is 3.07. The molecule has 4 nitrogen and oxygen atoms in total. The Bertz CT molecular complexity index is 356. The third-order valence-electron chi connectivity index (χ3n) is 3.80. The Morgan fingerprint density at radius 2 is 2.12 bits per heavy atom. The van der Waals surface area contributed by atoms with E-state index >= 15 is 0 Å². The van der Waals surface area contributed by atoms with E-state index in [9.17, 15) is 10.2 Å². The van der Waals surface area contributed by atoms with Crippen molar-refractivity contribution < 1.29 is 10.2 Å². The van der Waals surface area contributed by atoms with E-state index in [1.807, 2.05) is 19.4 Å². The molecule has 4 heteroatoms. The summed E-state index contributed by atoms with van der Waals surface area (Å²) in [6.45, 7) is 0. The second-order valence-electron chi connectivity index (χ2n) is 5.24. The Balaban J connectivity index is 1.85. The molecule has 1 atom stereocenters. The number of rotatable bonds is 4. The molecule has 0 saturated heterocycles. The van der Waals surface area contributed by atoms with Gasteiger partial charge in [0, 0.05) is 13.2 Å². The van der Waals surface area contributed by atoms with Crippen molar-refractivity contribution in [3.8, 4) is 0 Å². The van der Waals surface area contributed by atoms with E-state index in [-0.39, 0.29) is 0 Å². The van der Waals surface area contributed by atoms with Gasteiger partial charge in [-0.3, -0.25) is 4.68 Å². The van der Waals surface area contributed by atoms with Crippen molar-refractivity contribution in [2.45, 2.75) is 56.7 Å². The lowest BCUT2D eigenvalue weighted by Crippen LogP contribution is -2.44. The minimum atomic E-state index is -0.847. The largest absolute Gasteiger partial charge is 0.390 e. The minimum Gasteiger partial charge on any atom is -0.390 e. The third-order valence-corrected chi connectivity index (χ3v) is 3.80. The van der Waals surface area contributed by atoms with Crippen molar-refractivity contribution in [1.29, 1.82) is 0 Å². The van der Waals surface area contributed by atoms with E-state index < -0.39 is 11.7 Å². The summed E-state index contributed by atoms with van der Waals surface area (Å²) in [5, 5.41) is 24.6. The first-order chi connectivity index (χ1) is 8.10. The molecule has 0 aromatic carbocycles. The molecular formula is C13H22N2O2. The molecule has 0 amide bonds. The molecule has 17 heavy (non-hydrogen) atoms. The molecule has 0 aliphatic heterocycles. The molecular weight excluding hydrogens is 216 g/mol. The molecule has 0 bridgehead atoms. The van der Waals surface area contributed by atoms with Gasteiger partial charge >= 0.3 is 0 Å². The first kappa shape index (κ1) is 12.6. The van der Waals surface area contributed by atoms with Gasteiger partial charge < -0.3 is 10.2 Å². The summed E-state index contributed by atoms with van der Waals surface area (Å²) < 4.78 is 1.76. The lowest BCUT2D eigenvalue weighted by Gasteiger charge is -2.36. The molecule has 0 spiro atoms. The van der Waals surface area contributed by atoms with Gasteiger partial charge in [0.1, 0.15) is 0 Å². The highest BCUT2D eigenvalue weighted by atomic mass is 16.3. The SMILES string of the molecule is Cn1cc(CCC(O)C2(O)CCCCC2)cn1. The Hall–Kier alpha value is -0.870. The van der Waals surface area contributed by atoms with Crippen LogP contribution in [0.2, 0.25) is 0 Å². The van der Waals surface area contributed by atoms with E-state index in [0.717, 1.165) is 37.7 Å². The van der Waals surface area contributed by atoms with E-state index in [0.29, 0.717) is 6.42 Å². The second-order valence-corrected chi connectivity index (χ2v) is 5.24. The van der Waals surface area contributed by atoms with Crippen LogP contribution in [-0.2, 0) is 13.5 Å². The van der Waals surface area contributed by atoms with Crippen LogP contribution in [0.1, 0.15) is 44.1 Å². The summed E-state index contributed by atoms with van der Waals surface area (Å²) in [5.74, 6) is 0. The number of nitrogens with zero attached hydrogens (tertiary/aromatic N) is 2. The fourth-order valence-electron chi connectivity index (χ4n) is 2.67. The topological polar surface area (TPSA) is 58.3 Å². The van der Waals surface area contributed by atoms with Crippen LogP contribution in [0.3, 0.4) is 0 Å². The van der Waals surface area contributed by atoms with Crippen LogP contribution in [0.15, 0.2) is 12.4 Å². The van der Waals surface area contributed by atoms with Crippen molar-refractivity contribution in [2.75, 3.05) is 0 Å². The van der Waals surface area contributed by atoms with Crippen molar-refractivity contribution in [3.05, 3.63) is 18.0 Å². The van der Waals surface area contributed by atoms with Gasteiger partial charge in [0.25, 0.3) is 0 Å². The molecule has 1 aromatic rings. The van der Waals surface area contributed by atoms with Gasteiger partial charge in [-0.1, -0.05) is 19.3 Å². The molecule has 1 saturated carbocycles. The summed E-state index contributed by atoms with van der Waals surface area (Å²) in [5.41, 5.74) is 0.270. The van der Waals surface area contributed by atoms with Crippen LogP contribution in [-0.4, -0.2) is 31.7 Å². The average Bonchev–Trinajstić information content (AvgIpc) is 2.73. The summed E-state index contributed by atoms with van der Waals surface area (Å²) in [6.07, 6.45) is 9.26. The normalized spacial score (nSPS) is 21.4. The van der Waals surface area contributed by atoms with Crippen molar-refractivity contribution in [2.24, 2.45) is 7.05 Å². The number of aryl methyl sites for hydroxylation is 2. The quantitative estimate of drug-likeness (QED) is 0.834. The Labute approximate surface area is 102 Å². The fraction of sp³-hybridized carbons (Fsp3) is 0.769. The maximum atomic E-state index is 10.4. The lowest BCUT2D eigenvalue weighted by atomic mass is 9.79. The smallest absolute Gasteiger partial charge is 0.0905 e. The highest BCUT2D eigenvalue weighted by Gasteiger charge is 2.36. The van der Waals surface area contributed by atoms with Gasteiger partial charge in [0.15, 0.2) is 0 Å². The van der Waals surface area contributed by atoms with Gasteiger partial charge in [-0.15, -0.1) is 0 Å². The van der Waals surface area contributed by atoms with Crippen LogP contribution in [0.25, 0.3) is 0 Å². The molecule has 2 rings (SSSR count). The van der Waals surface area contributed by atoms with E-state index in [1.54, 1.807) is 4.68 Å². The molecule has 1 fully saturated rings. The second kappa shape index (κ2) is 5.19. The van der Waals surface area contributed by atoms with Gasteiger partial charge in [-0.05, 0) is 31.2 Å². The average molecular weight is 238 g/mol. The highest BCUT2D eigenvalue weighted by molar-refractivity contribution is 5.04. The van der Waals surface area contributed by atoms with Crippen LogP contribution < -0.4 is 0 Å². The van der Waals surface area contributed by atoms with Gasteiger partial charge in [0.05, 0.1) is 17.9 Å². The Morgan fingerprint density at radius 1 is 1.41 bits per heavy atom. The zero-order chi connectivity index (χ0) is 12.3. The number of hydrogen-bond acceptors (Lipinski definition) is 3.